The number of fused-ring (bicyclic) bond motifs is 1. The Bertz CT molecular complexity index is 761. The van der Waals surface area contributed by atoms with Crippen molar-refractivity contribution in [2.75, 3.05) is 25.0 Å². The SMILES string of the molecule is CCCN(C[C@H]1COc2ccccc2O1)C(=S)Nc1ccc(C(C)C)cc1. The molecule has 0 radical (unpaired) electrons. The lowest BCUT2D eigenvalue weighted by molar-refractivity contribution is 0.0746. The Morgan fingerprint density at radius 2 is 1.85 bits per heavy atom. The molecule has 4 nitrogen and oxygen atoms in total. The molecule has 0 unspecified atom stereocenters. The molecule has 0 saturated carbocycles. The van der Waals surface area contributed by atoms with E-state index in [9.17, 15) is 0 Å². The molecule has 27 heavy (non-hydrogen) atoms. The number of hydrogen-bond donors (Lipinski definition) is 1. The zero-order chi connectivity index (χ0) is 19.2. The number of benzene rings is 2. The number of nitrogens with one attached hydrogen (secondary N) is 1. The molecule has 0 bridgehead atoms. The quantitative estimate of drug-likeness (QED) is 0.704. The van der Waals surface area contributed by atoms with Gasteiger partial charge in [0.2, 0.25) is 0 Å². The normalized spacial score (nSPS) is 15.5. The average molecular weight is 385 g/mol. The summed E-state index contributed by atoms with van der Waals surface area (Å²) in [6, 6.07) is 16.3. The lowest BCUT2D eigenvalue weighted by Gasteiger charge is -2.32. The van der Waals surface area contributed by atoms with Crippen LogP contribution >= 0.6 is 12.2 Å². The Kier molecular flexibility index (Phi) is 6.56. The molecule has 0 aromatic heterocycles. The summed E-state index contributed by atoms with van der Waals surface area (Å²) in [5.41, 5.74) is 2.33. The first kappa shape index (κ1) is 19.5. The van der Waals surface area contributed by atoms with E-state index in [0.717, 1.165) is 35.3 Å². The molecule has 3 rings (SSSR count). The van der Waals surface area contributed by atoms with Gasteiger partial charge in [-0.05, 0) is 54.4 Å². The van der Waals surface area contributed by atoms with E-state index in [4.69, 9.17) is 21.7 Å². The Morgan fingerprint density at radius 1 is 1.15 bits per heavy atom. The minimum absolute atomic E-state index is 0.0467. The largest absolute Gasteiger partial charge is 0.486 e. The van der Waals surface area contributed by atoms with Crippen LogP contribution in [0.3, 0.4) is 0 Å². The zero-order valence-corrected chi connectivity index (χ0v) is 17.1. The summed E-state index contributed by atoms with van der Waals surface area (Å²) in [4.78, 5) is 2.16. The molecule has 0 saturated heterocycles. The van der Waals surface area contributed by atoms with Crippen LogP contribution in [0.15, 0.2) is 48.5 Å². The molecule has 144 valence electrons. The van der Waals surface area contributed by atoms with E-state index in [0.29, 0.717) is 19.1 Å². The smallest absolute Gasteiger partial charge is 0.173 e. The van der Waals surface area contributed by atoms with Gasteiger partial charge in [-0.15, -0.1) is 0 Å². The Balaban J connectivity index is 1.62. The van der Waals surface area contributed by atoms with Gasteiger partial charge in [-0.1, -0.05) is 45.0 Å². The molecule has 0 fully saturated rings. The van der Waals surface area contributed by atoms with Gasteiger partial charge in [-0.25, -0.2) is 0 Å². The summed E-state index contributed by atoms with van der Waals surface area (Å²) >= 11 is 5.67. The third-order valence-electron chi connectivity index (χ3n) is 4.60. The molecular weight excluding hydrogens is 356 g/mol. The minimum atomic E-state index is -0.0467. The zero-order valence-electron chi connectivity index (χ0n) is 16.3. The van der Waals surface area contributed by atoms with Gasteiger partial charge in [0.25, 0.3) is 0 Å². The van der Waals surface area contributed by atoms with Crippen molar-refractivity contribution in [3.05, 3.63) is 54.1 Å². The summed E-state index contributed by atoms with van der Waals surface area (Å²) in [5.74, 6) is 2.13. The van der Waals surface area contributed by atoms with Crippen LogP contribution < -0.4 is 14.8 Å². The van der Waals surface area contributed by atoms with E-state index >= 15 is 0 Å². The van der Waals surface area contributed by atoms with Crippen molar-refractivity contribution in [1.82, 2.24) is 4.90 Å². The first-order valence-electron chi connectivity index (χ1n) is 9.61. The van der Waals surface area contributed by atoms with Crippen LogP contribution in [0.5, 0.6) is 11.5 Å². The van der Waals surface area contributed by atoms with Crippen molar-refractivity contribution in [3.63, 3.8) is 0 Å². The molecule has 1 heterocycles. The number of ether oxygens (including phenoxy) is 2. The number of thiocarbonyl (C=S) groups is 1. The first-order chi connectivity index (χ1) is 13.1. The Morgan fingerprint density at radius 3 is 2.52 bits per heavy atom. The van der Waals surface area contributed by atoms with Crippen molar-refractivity contribution in [1.29, 1.82) is 0 Å². The highest BCUT2D eigenvalue weighted by atomic mass is 32.1. The number of para-hydroxylation sites is 2. The van der Waals surface area contributed by atoms with E-state index < -0.39 is 0 Å². The molecule has 2 aromatic rings. The Labute approximate surface area is 167 Å². The lowest BCUT2D eigenvalue weighted by Crippen LogP contribution is -2.45. The van der Waals surface area contributed by atoms with Crippen LogP contribution in [0, 0.1) is 0 Å². The van der Waals surface area contributed by atoms with Crippen LogP contribution in [0.1, 0.15) is 38.7 Å². The van der Waals surface area contributed by atoms with Gasteiger partial charge in [-0.2, -0.15) is 0 Å². The van der Waals surface area contributed by atoms with Crippen LogP contribution in [-0.4, -0.2) is 35.8 Å². The molecule has 1 aliphatic rings. The molecule has 0 amide bonds. The fourth-order valence-electron chi connectivity index (χ4n) is 3.10. The maximum Gasteiger partial charge on any atom is 0.173 e. The predicted octanol–water partition coefficient (Wildman–Crippen LogP) is 5.06. The highest BCUT2D eigenvalue weighted by Gasteiger charge is 2.24. The highest BCUT2D eigenvalue weighted by molar-refractivity contribution is 7.80. The van der Waals surface area contributed by atoms with Gasteiger partial charge in [0.1, 0.15) is 6.61 Å². The van der Waals surface area contributed by atoms with Gasteiger partial charge in [0.05, 0.1) is 6.54 Å². The minimum Gasteiger partial charge on any atom is -0.486 e. The third-order valence-corrected chi connectivity index (χ3v) is 4.96. The summed E-state index contributed by atoms with van der Waals surface area (Å²) in [6.45, 7) is 8.64. The van der Waals surface area contributed by atoms with E-state index in [1.54, 1.807) is 0 Å². The van der Waals surface area contributed by atoms with E-state index in [2.05, 4.69) is 55.3 Å². The molecule has 1 atom stereocenters. The van der Waals surface area contributed by atoms with Crippen LogP contribution in [0.25, 0.3) is 0 Å². The van der Waals surface area contributed by atoms with Gasteiger partial charge in [-0.3, -0.25) is 0 Å². The van der Waals surface area contributed by atoms with Gasteiger partial charge < -0.3 is 19.7 Å². The molecule has 5 heteroatoms. The van der Waals surface area contributed by atoms with Crippen molar-refractivity contribution < 1.29 is 9.47 Å². The van der Waals surface area contributed by atoms with Crippen LogP contribution in [0.2, 0.25) is 0 Å². The van der Waals surface area contributed by atoms with Gasteiger partial charge >= 0.3 is 0 Å². The standard InChI is InChI=1S/C22H28N2O2S/c1-4-13-24(14-19-15-25-20-7-5-6-8-21(20)26-19)22(27)23-18-11-9-17(10-12-18)16(2)3/h5-12,16,19H,4,13-15H2,1-3H3,(H,23,27)/t19-/m0/s1. The van der Waals surface area contributed by atoms with Crippen LogP contribution in [-0.2, 0) is 0 Å². The molecule has 0 spiro atoms. The topological polar surface area (TPSA) is 33.7 Å². The second-order valence-corrected chi connectivity index (χ2v) is 7.54. The van der Waals surface area contributed by atoms with Crippen molar-refractivity contribution in [3.8, 4) is 11.5 Å². The Hall–Kier alpha value is -2.27. The van der Waals surface area contributed by atoms with Gasteiger partial charge in [0.15, 0.2) is 22.7 Å². The summed E-state index contributed by atoms with van der Waals surface area (Å²) < 4.78 is 11.9. The molecular formula is C22H28N2O2S. The van der Waals surface area contributed by atoms with Crippen LogP contribution in [0.4, 0.5) is 5.69 Å². The van der Waals surface area contributed by atoms with E-state index in [-0.39, 0.29) is 6.10 Å². The predicted molar refractivity (Wildman–Crippen MR) is 115 cm³/mol. The number of nitrogens with zero attached hydrogens (tertiary/aromatic N) is 1. The molecule has 0 aliphatic carbocycles. The third kappa shape index (κ3) is 5.13. The van der Waals surface area contributed by atoms with E-state index in [1.165, 1.54) is 5.56 Å². The fraction of sp³-hybridized carbons (Fsp3) is 0.409. The molecule has 2 aromatic carbocycles. The first-order valence-corrected chi connectivity index (χ1v) is 10.0. The van der Waals surface area contributed by atoms with Crippen molar-refractivity contribution in [2.45, 2.75) is 39.2 Å². The molecule has 1 N–H and O–H groups in total. The summed E-state index contributed by atoms with van der Waals surface area (Å²) in [6.07, 6.45) is 0.965. The summed E-state index contributed by atoms with van der Waals surface area (Å²) in [5, 5.41) is 4.08. The fourth-order valence-corrected chi connectivity index (χ4v) is 3.38. The number of anilines is 1. The van der Waals surface area contributed by atoms with Gasteiger partial charge in [0, 0.05) is 12.2 Å². The van der Waals surface area contributed by atoms with E-state index in [1.807, 2.05) is 24.3 Å². The maximum atomic E-state index is 6.10. The monoisotopic (exact) mass is 384 g/mol. The van der Waals surface area contributed by atoms with Crippen molar-refractivity contribution in [2.24, 2.45) is 0 Å². The second kappa shape index (κ2) is 9.09. The lowest BCUT2D eigenvalue weighted by atomic mass is 10.0. The number of hydrogen-bond acceptors (Lipinski definition) is 3. The summed E-state index contributed by atoms with van der Waals surface area (Å²) in [7, 11) is 0. The average Bonchev–Trinajstić information content (AvgIpc) is 2.68. The highest BCUT2D eigenvalue weighted by Crippen LogP contribution is 2.31. The number of rotatable bonds is 6. The molecule has 1 aliphatic heterocycles. The second-order valence-electron chi connectivity index (χ2n) is 7.15. The van der Waals surface area contributed by atoms with Crippen molar-refractivity contribution >= 4 is 23.0 Å². The maximum absolute atomic E-state index is 6.10.